The lowest BCUT2D eigenvalue weighted by Crippen LogP contribution is -2.48. The van der Waals surface area contributed by atoms with Crippen LogP contribution in [0.3, 0.4) is 0 Å². The summed E-state index contributed by atoms with van der Waals surface area (Å²) in [5, 5.41) is 15.6. The maximum atomic E-state index is 13.6. The van der Waals surface area contributed by atoms with Gasteiger partial charge < -0.3 is 15.4 Å². The maximum Gasteiger partial charge on any atom is 0.322 e. The van der Waals surface area contributed by atoms with Crippen LogP contribution in [0.5, 0.6) is 5.88 Å². The fourth-order valence-electron chi connectivity index (χ4n) is 5.07. The van der Waals surface area contributed by atoms with Crippen LogP contribution in [-0.2, 0) is 6.54 Å². The first-order valence-corrected chi connectivity index (χ1v) is 13.5. The van der Waals surface area contributed by atoms with Gasteiger partial charge in [0.15, 0.2) is 0 Å². The van der Waals surface area contributed by atoms with E-state index in [0.29, 0.717) is 18.0 Å². The van der Waals surface area contributed by atoms with Crippen molar-refractivity contribution in [2.24, 2.45) is 0 Å². The van der Waals surface area contributed by atoms with Crippen molar-refractivity contribution >= 4 is 17.5 Å². The van der Waals surface area contributed by atoms with Crippen LogP contribution in [0.4, 0.5) is 16.3 Å². The molecule has 0 unspecified atom stereocenters. The van der Waals surface area contributed by atoms with Gasteiger partial charge in [0.2, 0.25) is 5.88 Å². The number of nitriles is 1. The Morgan fingerprint density at radius 3 is 2.30 bits per heavy atom. The first-order valence-electron chi connectivity index (χ1n) is 13.5. The lowest BCUT2D eigenvalue weighted by molar-refractivity contribution is 0.240. The number of nitrogens with one attached hydrogen (secondary N) is 2. The largest absolute Gasteiger partial charge is 0.481 e. The van der Waals surface area contributed by atoms with Crippen molar-refractivity contribution in [2.45, 2.75) is 44.3 Å². The zero-order valence-corrected chi connectivity index (χ0v) is 22.5. The Morgan fingerprint density at radius 2 is 1.68 bits per heavy atom. The summed E-state index contributed by atoms with van der Waals surface area (Å²) in [5.74, 6) is 1.34. The molecule has 4 aromatic rings. The zero-order valence-electron chi connectivity index (χ0n) is 22.5. The number of pyridine rings is 2. The molecule has 1 aliphatic carbocycles. The Kier molecular flexibility index (Phi) is 8.52. The monoisotopic (exact) mass is 532 g/mol. The zero-order chi connectivity index (χ0) is 27.7. The SMILES string of the molecule is COc1ccc(-c2ccc(N(C(=O)NCc3ccccc3)[C@H]3CC[C@H](Nc4ccc(C#N)cn4)CC3)cc2)cn1. The van der Waals surface area contributed by atoms with Crippen molar-refractivity contribution < 1.29 is 9.53 Å². The molecular weight excluding hydrogens is 500 g/mol. The highest BCUT2D eigenvalue weighted by Gasteiger charge is 2.30. The third-order valence-electron chi connectivity index (χ3n) is 7.24. The molecule has 40 heavy (non-hydrogen) atoms. The Balaban J connectivity index is 1.30. The van der Waals surface area contributed by atoms with Gasteiger partial charge >= 0.3 is 6.03 Å². The van der Waals surface area contributed by atoms with E-state index in [2.05, 4.69) is 26.7 Å². The third kappa shape index (κ3) is 6.56. The minimum atomic E-state index is -0.104. The lowest BCUT2D eigenvalue weighted by atomic mass is 9.89. The second kappa shape index (κ2) is 12.8. The standard InChI is InChI=1S/C32H32N6O2/c1-40-31-18-10-26(22-35-31)25-8-13-28(14-9-25)38(32(39)36-20-23-5-3-2-4-6-23)29-15-11-27(12-16-29)37-30-17-7-24(19-33)21-34-30/h2-10,13-14,17-18,21-22,27,29H,11-12,15-16,20H2,1H3,(H,34,37)(H,36,39)/t27-,29-. The van der Waals surface area contributed by atoms with E-state index >= 15 is 0 Å². The first-order chi connectivity index (χ1) is 19.6. The number of ether oxygens (including phenoxy) is 1. The van der Waals surface area contributed by atoms with Gasteiger partial charge in [0.25, 0.3) is 0 Å². The van der Waals surface area contributed by atoms with Gasteiger partial charge in [0.1, 0.15) is 11.9 Å². The van der Waals surface area contributed by atoms with Crippen molar-refractivity contribution in [1.82, 2.24) is 15.3 Å². The van der Waals surface area contributed by atoms with Crippen LogP contribution in [-0.4, -0.2) is 35.2 Å². The van der Waals surface area contributed by atoms with Gasteiger partial charge in [-0.2, -0.15) is 5.26 Å². The minimum absolute atomic E-state index is 0.0660. The van der Waals surface area contributed by atoms with Gasteiger partial charge in [-0.1, -0.05) is 42.5 Å². The number of hydrogen-bond donors (Lipinski definition) is 2. The van der Waals surface area contributed by atoms with Crippen LogP contribution in [0.1, 0.15) is 36.8 Å². The molecule has 1 aliphatic rings. The number of hydrogen-bond acceptors (Lipinski definition) is 6. The van der Waals surface area contributed by atoms with Crippen LogP contribution in [0.2, 0.25) is 0 Å². The average Bonchev–Trinajstić information content (AvgIpc) is 3.02. The molecule has 0 spiro atoms. The molecule has 0 aliphatic heterocycles. The van der Waals surface area contributed by atoms with Crippen LogP contribution >= 0.6 is 0 Å². The summed E-state index contributed by atoms with van der Waals surface area (Å²) in [6, 6.07) is 27.8. The van der Waals surface area contributed by atoms with Gasteiger partial charge in [-0.15, -0.1) is 0 Å². The Hall–Kier alpha value is -4.90. The van der Waals surface area contributed by atoms with Crippen molar-refractivity contribution in [1.29, 1.82) is 5.26 Å². The molecule has 5 rings (SSSR count). The van der Waals surface area contributed by atoms with E-state index in [1.54, 1.807) is 25.6 Å². The highest BCUT2D eigenvalue weighted by atomic mass is 16.5. The van der Waals surface area contributed by atoms with E-state index in [4.69, 9.17) is 10.00 Å². The Bertz CT molecular complexity index is 1430. The molecule has 0 radical (unpaired) electrons. The summed E-state index contributed by atoms with van der Waals surface area (Å²) >= 11 is 0. The number of carbonyl (C=O) groups excluding carboxylic acids is 1. The van der Waals surface area contributed by atoms with E-state index in [0.717, 1.165) is 53.9 Å². The number of carbonyl (C=O) groups is 1. The Labute approximate surface area is 234 Å². The van der Waals surface area contributed by atoms with Gasteiger partial charge in [0.05, 0.1) is 12.7 Å². The van der Waals surface area contributed by atoms with E-state index in [1.165, 1.54) is 0 Å². The molecule has 2 aromatic carbocycles. The normalized spacial score (nSPS) is 16.4. The smallest absolute Gasteiger partial charge is 0.322 e. The quantitative estimate of drug-likeness (QED) is 0.282. The molecule has 2 N–H and O–H groups in total. The van der Waals surface area contributed by atoms with Gasteiger partial charge in [-0.05, 0) is 67.1 Å². The number of urea groups is 1. The van der Waals surface area contributed by atoms with Crippen molar-refractivity contribution in [3.05, 3.63) is 102 Å². The molecule has 8 nitrogen and oxygen atoms in total. The molecule has 8 heteroatoms. The fraction of sp³-hybridized carbons (Fsp3) is 0.250. The number of nitrogens with zero attached hydrogens (tertiary/aromatic N) is 4. The highest BCUT2D eigenvalue weighted by Crippen LogP contribution is 2.31. The summed E-state index contributed by atoms with van der Waals surface area (Å²) < 4.78 is 5.17. The van der Waals surface area contributed by atoms with E-state index in [1.807, 2.05) is 77.7 Å². The van der Waals surface area contributed by atoms with E-state index in [9.17, 15) is 4.79 Å². The summed E-state index contributed by atoms with van der Waals surface area (Å²) in [6.07, 6.45) is 6.90. The molecule has 2 amide bonds. The van der Waals surface area contributed by atoms with Crippen LogP contribution in [0, 0.1) is 11.3 Å². The van der Waals surface area contributed by atoms with Crippen LogP contribution < -0.4 is 20.3 Å². The number of benzene rings is 2. The molecule has 1 saturated carbocycles. The van der Waals surface area contributed by atoms with Crippen molar-refractivity contribution in [3.63, 3.8) is 0 Å². The summed E-state index contributed by atoms with van der Waals surface area (Å²) in [5.41, 5.74) is 4.46. The number of methoxy groups -OCH3 is 1. The van der Waals surface area contributed by atoms with Crippen LogP contribution in [0.15, 0.2) is 91.3 Å². The molecule has 202 valence electrons. The first kappa shape index (κ1) is 26.7. The maximum absolute atomic E-state index is 13.6. The summed E-state index contributed by atoms with van der Waals surface area (Å²) in [7, 11) is 1.60. The van der Waals surface area contributed by atoms with E-state index < -0.39 is 0 Å². The number of amides is 2. The predicted octanol–water partition coefficient (Wildman–Crippen LogP) is 6.16. The fourth-order valence-corrected chi connectivity index (χ4v) is 5.07. The van der Waals surface area contributed by atoms with Gasteiger partial charge in [0, 0.05) is 48.3 Å². The number of aromatic nitrogens is 2. The lowest BCUT2D eigenvalue weighted by Gasteiger charge is -2.37. The minimum Gasteiger partial charge on any atom is -0.481 e. The van der Waals surface area contributed by atoms with Crippen molar-refractivity contribution in [2.75, 3.05) is 17.3 Å². The molecule has 1 fully saturated rings. The van der Waals surface area contributed by atoms with Gasteiger partial charge in [-0.25, -0.2) is 14.8 Å². The van der Waals surface area contributed by atoms with Gasteiger partial charge in [-0.3, -0.25) is 4.90 Å². The summed E-state index contributed by atoms with van der Waals surface area (Å²) in [6.45, 7) is 0.465. The molecule has 0 atom stereocenters. The summed E-state index contributed by atoms with van der Waals surface area (Å²) in [4.78, 5) is 24.2. The van der Waals surface area contributed by atoms with Crippen molar-refractivity contribution in [3.8, 4) is 23.1 Å². The topological polar surface area (TPSA) is 103 Å². The average molecular weight is 533 g/mol. The molecule has 0 bridgehead atoms. The molecule has 2 heterocycles. The predicted molar refractivity (Wildman–Crippen MR) is 156 cm³/mol. The van der Waals surface area contributed by atoms with E-state index in [-0.39, 0.29) is 18.1 Å². The molecular formula is C32H32N6O2. The molecule has 2 aromatic heterocycles. The third-order valence-corrected chi connectivity index (χ3v) is 7.24. The second-order valence-corrected chi connectivity index (χ2v) is 9.84. The highest BCUT2D eigenvalue weighted by molar-refractivity contribution is 5.93. The second-order valence-electron chi connectivity index (χ2n) is 9.84. The molecule has 0 saturated heterocycles. The number of anilines is 2. The number of rotatable bonds is 8. The Morgan fingerprint density at radius 1 is 0.925 bits per heavy atom. The van der Waals surface area contributed by atoms with Crippen LogP contribution in [0.25, 0.3) is 11.1 Å².